The third kappa shape index (κ3) is 1.54. The number of hydrogen-bond donors (Lipinski definition) is 1. The molecule has 50 valence electrons. The van der Waals surface area contributed by atoms with E-state index in [1.807, 2.05) is 13.0 Å². The van der Waals surface area contributed by atoms with Crippen molar-refractivity contribution >= 4 is 0 Å². The van der Waals surface area contributed by atoms with Gasteiger partial charge in [-0.2, -0.15) is 0 Å². The molecule has 0 amide bonds. The van der Waals surface area contributed by atoms with E-state index in [1.165, 1.54) is 0 Å². The molecule has 0 aliphatic heterocycles. The first-order valence-electron chi connectivity index (χ1n) is 2.95. The van der Waals surface area contributed by atoms with Crippen LogP contribution in [0.15, 0.2) is 10.6 Å². The van der Waals surface area contributed by atoms with Gasteiger partial charge in [-0.3, -0.25) is 0 Å². The molecule has 1 aromatic rings. The fourth-order valence-corrected chi connectivity index (χ4v) is 0.676. The standard InChI is InChI=1S/C6H10N2O/c1-5-4-6(2-3-7)9-8-5/h4H,2-3,7H2,1H3. The topological polar surface area (TPSA) is 52.0 Å². The van der Waals surface area contributed by atoms with Crippen LogP contribution >= 0.6 is 0 Å². The summed E-state index contributed by atoms with van der Waals surface area (Å²) in [4.78, 5) is 0. The highest BCUT2D eigenvalue weighted by molar-refractivity contribution is 5.02. The Morgan fingerprint density at radius 2 is 2.56 bits per heavy atom. The molecule has 0 bridgehead atoms. The van der Waals surface area contributed by atoms with E-state index < -0.39 is 0 Å². The Kier molecular flexibility index (Phi) is 1.85. The molecule has 0 atom stereocenters. The summed E-state index contributed by atoms with van der Waals surface area (Å²) in [6, 6.07) is 1.90. The van der Waals surface area contributed by atoms with Crippen LogP contribution in [-0.4, -0.2) is 11.7 Å². The van der Waals surface area contributed by atoms with E-state index in [9.17, 15) is 0 Å². The number of aryl methyl sites for hydroxylation is 1. The monoisotopic (exact) mass is 126 g/mol. The Labute approximate surface area is 53.8 Å². The number of aromatic nitrogens is 1. The van der Waals surface area contributed by atoms with Gasteiger partial charge in [-0.1, -0.05) is 5.16 Å². The zero-order valence-corrected chi connectivity index (χ0v) is 5.42. The first-order valence-corrected chi connectivity index (χ1v) is 2.95. The van der Waals surface area contributed by atoms with Crippen LogP contribution in [0.3, 0.4) is 0 Å². The molecule has 0 aliphatic rings. The molecule has 0 spiro atoms. The van der Waals surface area contributed by atoms with Crippen LogP contribution in [-0.2, 0) is 6.42 Å². The minimum Gasteiger partial charge on any atom is -0.361 e. The third-order valence-corrected chi connectivity index (χ3v) is 1.07. The number of nitrogens with zero attached hydrogens (tertiary/aromatic N) is 1. The van der Waals surface area contributed by atoms with Gasteiger partial charge in [0.2, 0.25) is 0 Å². The molecule has 0 aliphatic carbocycles. The number of nitrogens with two attached hydrogens (primary N) is 1. The van der Waals surface area contributed by atoms with Crippen molar-refractivity contribution in [3.8, 4) is 0 Å². The van der Waals surface area contributed by atoms with Gasteiger partial charge in [-0.25, -0.2) is 0 Å². The summed E-state index contributed by atoms with van der Waals surface area (Å²) in [6.45, 7) is 2.51. The smallest absolute Gasteiger partial charge is 0.138 e. The van der Waals surface area contributed by atoms with Gasteiger partial charge in [0.25, 0.3) is 0 Å². The van der Waals surface area contributed by atoms with Gasteiger partial charge in [-0.05, 0) is 13.5 Å². The van der Waals surface area contributed by atoms with E-state index in [0.717, 1.165) is 17.9 Å². The van der Waals surface area contributed by atoms with Gasteiger partial charge in [-0.15, -0.1) is 0 Å². The van der Waals surface area contributed by atoms with Crippen LogP contribution in [0.4, 0.5) is 0 Å². The molecule has 0 radical (unpaired) electrons. The number of rotatable bonds is 2. The van der Waals surface area contributed by atoms with Gasteiger partial charge in [0.1, 0.15) is 5.76 Å². The van der Waals surface area contributed by atoms with E-state index in [1.54, 1.807) is 0 Å². The summed E-state index contributed by atoms with van der Waals surface area (Å²) in [6.07, 6.45) is 0.779. The summed E-state index contributed by atoms with van der Waals surface area (Å²) in [5.74, 6) is 0.870. The highest BCUT2D eigenvalue weighted by atomic mass is 16.5. The maximum Gasteiger partial charge on any atom is 0.138 e. The summed E-state index contributed by atoms with van der Waals surface area (Å²) < 4.78 is 4.87. The molecule has 3 nitrogen and oxygen atoms in total. The molecule has 0 fully saturated rings. The summed E-state index contributed by atoms with van der Waals surface area (Å²) in [5, 5.41) is 3.70. The SMILES string of the molecule is Cc1cc(CCN)on1. The highest BCUT2D eigenvalue weighted by Crippen LogP contribution is 2.00. The first-order chi connectivity index (χ1) is 4.33. The van der Waals surface area contributed by atoms with Crippen LogP contribution in [0, 0.1) is 6.92 Å². The average molecular weight is 126 g/mol. The van der Waals surface area contributed by atoms with Crippen molar-refractivity contribution in [2.75, 3.05) is 6.54 Å². The van der Waals surface area contributed by atoms with Gasteiger partial charge in [0.15, 0.2) is 0 Å². The maximum absolute atomic E-state index is 5.28. The van der Waals surface area contributed by atoms with E-state index in [2.05, 4.69) is 5.16 Å². The van der Waals surface area contributed by atoms with Gasteiger partial charge in [0, 0.05) is 12.5 Å². The van der Waals surface area contributed by atoms with Crippen LogP contribution in [0.1, 0.15) is 11.5 Å². The van der Waals surface area contributed by atoms with E-state index in [-0.39, 0.29) is 0 Å². The van der Waals surface area contributed by atoms with E-state index in [0.29, 0.717) is 6.54 Å². The molecule has 1 aromatic heterocycles. The second-order valence-corrected chi connectivity index (χ2v) is 1.97. The second-order valence-electron chi connectivity index (χ2n) is 1.97. The Morgan fingerprint density at radius 1 is 1.78 bits per heavy atom. The lowest BCUT2D eigenvalue weighted by Crippen LogP contribution is -2.01. The Hall–Kier alpha value is -0.830. The lowest BCUT2D eigenvalue weighted by Gasteiger charge is -1.84. The summed E-state index contributed by atoms with van der Waals surface area (Å²) in [7, 11) is 0. The quantitative estimate of drug-likeness (QED) is 0.627. The fourth-order valence-electron chi connectivity index (χ4n) is 0.676. The van der Waals surface area contributed by atoms with Crippen molar-refractivity contribution in [1.29, 1.82) is 0 Å². The van der Waals surface area contributed by atoms with E-state index >= 15 is 0 Å². The zero-order valence-electron chi connectivity index (χ0n) is 5.42. The van der Waals surface area contributed by atoms with Gasteiger partial charge in [0.05, 0.1) is 5.69 Å². The van der Waals surface area contributed by atoms with Crippen molar-refractivity contribution < 1.29 is 4.52 Å². The second kappa shape index (κ2) is 2.64. The molecular weight excluding hydrogens is 116 g/mol. The maximum atomic E-state index is 5.28. The van der Waals surface area contributed by atoms with Gasteiger partial charge >= 0.3 is 0 Å². The third-order valence-electron chi connectivity index (χ3n) is 1.07. The van der Waals surface area contributed by atoms with Crippen molar-refractivity contribution in [3.05, 3.63) is 17.5 Å². The van der Waals surface area contributed by atoms with Crippen LogP contribution in [0.5, 0.6) is 0 Å². The molecule has 1 heterocycles. The van der Waals surface area contributed by atoms with Crippen molar-refractivity contribution in [3.63, 3.8) is 0 Å². The predicted molar refractivity (Wildman–Crippen MR) is 34.0 cm³/mol. The van der Waals surface area contributed by atoms with Gasteiger partial charge < -0.3 is 10.3 Å². The largest absolute Gasteiger partial charge is 0.361 e. The average Bonchev–Trinajstić information content (AvgIpc) is 2.17. The fraction of sp³-hybridized carbons (Fsp3) is 0.500. The Bertz CT molecular complexity index is 183. The summed E-state index contributed by atoms with van der Waals surface area (Å²) in [5.41, 5.74) is 6.20. The summed E-state index contributed by atoms with van der Waals surface area (Å²) >= 11 is 0. The molecule has 0 saturated carbocycles. The van der Waals surface area contributed by atoms with Crippen molar-refractivity contribution in [1.82, 2.24) is 5.16 Å². The molecule has 2 N–H and O–H groups in total. The molecule has 9 heavy (non-hydrogen) atoms. The molecule has 0 saturated heterocycles. The predicted octanol–water partition coefficient (Wildman–Crippen LogP) is 0.484. The van der Waals surface area contributed by atoms with Crippen LogP contribution in [0.25, 0.3) is 0 Å². The first kappa shape index (κ1) is 6.29. The molecule has 0 unspecified atom stereocenters. The lowest BCUT2D eigenvalue weighted by atomic mass is 10.3. The number of hydrogen-bond acceptors (Lipinski definition) is 3. The van der Waals surface area contributed by atoms with Crippen molar-refractivity contribution in [2.45, 2.75) is 13.3 Å². The lowest BCUT2D eigenvalue weighted by molar-refractivity contribution is 0.381. The molecule has 1 rings (SSSR count). The molecular formula is C6H10N2O. The minimum atomic E-state index is 0.620. The molecule has 3 heteroatoms. The zero-order chi connectivity index (χ0) is 6.69. The van der Waals surface area contributed by atoms with Crippen molar-refractivity contribution in [2.24, 2.45) is 5.73 Å². The Balaban J connectivity index is 2.61. The minimum absolute atomic E-state index is 0.620. The van der Waals surface area contributed by atoms with E-state index in [4.69, 9.17) is 10.3 Å². The normalized spacial score (nSPS) is 10.0. The van der Waals surface area contributed by atoms with Crippen LogP contribution < -0.4 is 5.73 Å². The van der Waals surface area contributed by atoms with Crippen LogP contribution in [0.2, 0.25) is 0 Å². The highest BCUT2D eigenvalue weighted by Gasteiger charge is 1.96. The molecule has 0 aromatic carbocycles. The Morgan fingerprint density at radius 3 is 3.00 bits per heavy atom.